The maximum atomic E-state index is 12.4. The van der Waals surface area contributed by atoms with E-state index in [4.69, 9.17) is 0 Å². The SMILES string of the molecule is CCCN(C(=O)c1ccc(CC)s1)C1CNC1. The van der Waals surface area contributed by atoms with Gasteiger partial charge in [0.05, 0.1) is 10.9 Å². The summed E-state index contributed by atoms with van der Waals surface area (Å²) >= 11 is 1.64. The molecule has 1 N–H and O–H groups in total. The van der Waals surface area contributed by atoms with Gasteiger partial charge >= 0.3 is 0 Å². The topological polar surface area (TPSA) is 32.3 Å². The van der Waals surface area contributed by atoms with Gasteiger partial charge in [0.1, 0.15) is 0 Å². The van der Waals surface area contributed by atoms with Crippen molar-refractivity contribution in [3.8, 4) is 0 Å². The number of amides is 1. The molecule has 17 heavy (non-hydrogen) atoms. The highest BCUT2D eigenvalue weighted by Gasteiger charge is 2.29. The average Bonchev–Trinajstić information content (AvgIpc) is 2.73. The summed E-state index contributed by atoms with van der Waals surface area (Å²) in [6.45, 7) is 7.00. The number of nitrogens with one attached hydrogen (secondary N) is 1. The van der Waals surface area contributed by atoms with Crippen LogP contribution in [0.5, 0.6) is 0 Å². The lowest BCUT2D eigenvalue weighted by atomic mass is 10.1. The van der Waals surface area contributed by atoms with Crippen LogP contribution in [0.4, 0.5) is 0 Å². The Kier molecular flexibility index (Phi) is 4.18. The van der Waals surface area contributed by atoms with Crippen molar-refractivity contribution in [1.29, 1.82) is 0 Å². The summed E-state index contributed by atoms with van der Waals surface area (Å²) < 4.78 is 0. The Morgan fingerprint density at radius 1 is 1.47 bits per heavy atom. The molecule has 2 rings (SSSR count). The number of hydrogen-bond acceptors (Lipinski definition) is 3. The van der Waals surface area contributed by atoms with Gasteiger partial charge in [-0.1, -0.05) is 13.8 Å². The summed E-state index contributed by atoms with van der Waals surface area (Å²) in [5.74, 6) is 0.211. The molecule has 1 amide bonds. The van der Waals surface area contributed by atoms with E-state index < -0.39 is 0 Å². The molecule has 1 saturated heterocycles. The number of nitrogens with zero attached hydrogens (tertiary/aromatic N) is 1. The highest BCUT2D eigenvalue weighted by atomic mass is 32.1. The third-order valence-corrected chi connectivity index (χ3v) is 4.36. The van der Waals surface area contributed by atoms with Crippen molar-refractivity contribution in [3.05, 3.63) is 21.9 Å². The molecular weight excluding hydrogens is 232 g/mol. The fraction of sp³-hybridized carbons (Fsp3) is 0.615. The van der Waals surface area contributed by atoms with Crippen molar-refractivity contribution in [3.63, 3.8) is 0 Å². The van der Waals surface area contributed by atoms with E-state index in [1.807, 2.05) is 11.0 Å². The second-order valence-electron chi connectivity index (χ2n) is 4.43. The molecule has 0 radical (unpaired) electrons. The van der Waals surface area contributed by atoms with Crippen LogP contribution >= 0.6 is 11.3 Å². The van der Waals surface area contributed by atoms with E-state index in [1.165, 1.54) is 4.88 Å². The summed E-state index contributed by atoms with van der Waals surface area (Å²) in [6, 6.07) is 4.44. The van der Waals surface area contributed by atoms with Crippen molar-refractivity contribution < 1.29 is 4.79 Å². The van der Waals surface area contributed by atoms with Gasteiger partial charge in [-0.25, -0.2) is 0 Å². The van der Waals surface area contributed by atoms with Gasteiger partial charge in [0.15, 0.2) is 0 Å². The number of aryl methyl sites for hydroxylation is 1. The number of thiophene rings is 1. The highest BCUT2D eigenvalue weighted by Crippen LogP contribution is 2.20. The zero-order valence-corrected chi connectivity index (χ0v) is 11.3. The molecule has 0 saturated carbocycles. The maximum absolute atomic E-state index is 12.4. The summed E-state index contributed by atoms with van der Waals surface area (Å²) in [5, 5.41) is 3.23. The normalized spacial score (nSPS) is 15.6. The van der Waals surface area contributed by atoms with Gasteiger partial charge in [0.25, 0.3) is 5.91 Å². The molecule has 3 nitrogen and oxygen atoms in total. The molecule has 1 aromatic rings. The van der Waals surface area contributed by atoms with Crippen LogP contribution in [0.1, 0.15) is 34.8 Å². The monoisotopic (exact) mass is 252 g/mol. The van der Waals surface area contributed by atoms with Gasteiger partial charge in [-0.2, -0.15) is 0 Å². The zero-order valence-electron chi connectivity index (χ0n) is 10.5. The molecule has 2 heterocycles. The lowest BCUT2D eigenvalue weighted by Gasteiger charge is -2.38. The zero-order chi connectivity index (χ0) is 12.3. The minimum absolute atomic E-state index is 0.211. The van der Waals surface area contributed by atoms with Crippen molar-refractivity contribution in [2.75, 3.05) is 19.6 Å². The van der Waals surface area contributed by atoms with Crippen LogP contribution in [-0.2, 0) is 6.42 Å². The molecular formula is C13H20N2OS. The molecule has 1 aliphatic heterocycles. The molecule has 0 aromatic carbocycles. The second kappa shape index (κ2) is 5.65. The van der Waals surface area contributed by atoms with Crippen molar-refractivity contribution >= 4 is 17.2 Å². The van der Waals surface area contributed by atoms with E-state index >= 15 is 0 Å². The minimum atomic E-state index is 0.211. The van der Waals surface area contributed by atoms with Crippen molar-refractivity contribution in [2.24, 2.45) is 0 Å². The molecule has 94 valence electrons. The molecule has 0 spiro atoms. The van der Waals surface area contributed by atoms with Gasteiger partial charge in [0.2, 0.25) is 0 Å². The first-order valence-corrected chi connectivity index (χ1v) is 7.18. The van der Waals surface area contributed by atoms with E-state index in [2.05, 4.69) is 25.2 Å². The third-order valence-electron chi connectivity index (χ3n) is 3.15. The highest BCUT2D eigenvalue weighted by molar-refractivity contribution is 7.14. The van der Waals surface area contributed by atoms with Crippen LogP contribution in [0.25, 0.3) is 0 Å². The standard InChI is InChI=1S/C13H20N2OS/c1-3-7-15(10-8-14-9-10)13(16)12-6-5-11(4-2)17-12/h5-6,10,14H,3-4,7-9H2,1-2H3. The smallest absolute Gasteiger partial charge is 0.264 e. The van der Waals surface area contributed by atoms with E-state index in [0.29, 0.717) is 6.04 Å². The van der Waals surface area contributed by atoms with Crippen molar-refractivity contribution in [1.82, 2.24) is 10.2 Å². The second-order valence-corrected chi connectivity index (χ2v) is 5.60. The predicted octanol–water partition coefficient (Wildman–Crippen LogP) is 2.13. The molecule has 0 aliphatic carbocycles. The number of carbonyl (C=O) groups excluding carboxylic acids is 1. The molecule has 1 aromatic heterocycles. The molecule has 4 heteroatoms. The first-order chi connectivity index (χ1) is 8.26. The largest absolute Gasteiger partial charge is 0.332 e. The number of carbonyl (C=O) groups is 1. The molecule has 0 atom stereocenters. The summed E-state index contributed by atoms with van der Waals surface area (Å²) in [4.78, 5) is 16.6. The van der Waals surface area contributed by atoms with E-state index in [-0.39, 0.29) is 5.91 Å². The fourth-order valence-corrected chi connectivity index (χ4v) is 2.91. The predicted molar refractivity (Wildman–Crippen MR) is 71.7 cm³/mol. The van der Waals surface area contributed by atoms with Crippen LogP contribution in [0, 0.1) is 0 Å². The Morgan fingerprint density at radius 2 is 2.24 bits per heavy atom. The number of hydrogen-bond donors (Lipinski definition) is 1. The van der Waals surface area contributed by atoms with Crippen LogP contribution < -0.4 is 5.32 Å². The average molecular weight is 252 g/mol. The fourth-order valence-electron chi connectivity index (χ4n) is 2.01. The van der Waals surface area contributed by atoms with Gasteiger partial charge < -0.3 is 10.2 Å². The molecule has 0 unspecified atom stereocenters. The Bertz CT molecular complexity index is 385. The first kappa shape index (κ1) is 12.6. The third kappa shape index (κ3) is 2.69. The van der Waals surface area contributed by atoms with Crippen LogP contribution in [0.3, 0.4) is 0 Å². The van der Waals surface area contributed by atoms with Crippen LogP contribution in [-0.4, -0.2) is 36.5 Å². The summed E-state index contributed by atoms with van der Waals surface area (Å²) in [7, 11) is 0. The lowest BCUT2D eigenvalue weighted by Crippen LogP contribution is -2.58. The summed E-state index contributed by atoms with van der Waals surface area (Å²) in [5.41, 5.74) is 0. The van der Waals surface area contributed by atoms with Crippen molar-refractivity contribution in [2.45, 2.75) is 32.7 Å². The Balaban J connectivity index is 2.09. The summed E-state index contributed by atoms with van der Waals surface area (Å²) in [6.07, 6.45) is 2.03. The molecule has 1 fully saturated rings. The number of rotatable bonds is 5. The van der Waals surface area contributed by atoms with Gasteiger partial charge in [-0.3, -0.25) is 4.79 Å². The van der Waals surface area contributed by atoms with Gasteiger partial charge in [-0.15, -0.1) is 11.3 Å². The molecule has 1 aliphatic rings. The van der Waals surface area contributed by atoms with E-state index in [0.717, 1.165) is 37.4 Å². The molecule has 0 bridgehead atoms. The van der Waals surface area contributed by atoms with E-state index in [9.17, 15) is 4.79 Å². The quantitative estimate of drug-likeness (QED) is 0.870. The van der Waals surface area contributed by atoms with Gasteiger partial charge in [-0.05, 0) is 25.0 Å². The van der Waals surface area contributed by atoms with Crippen LogP contribution in [0.2, 0.25) is 0 Å². The first-order valence-electron chi connectivity index (χ1n) is 6.36. The van der Waals surface area contributed by atoms with Gasteiger partial charge in [0, 0.05) is 24.5 Å². The Morgan fingerprint density at radius 3 is 2.71 bits per heavy atom. The van der Waals surface area contributed by atoms with Crippen LogP contribution in [0.15, 0.2) is 12.1 Å². The Labute approximate surface area is 107 Å². The van der Waals surface area contributed by atoms with E-state index in [1.54, 1.807) is 11.3 Å². The maximum Gasteiger partial charge on any atom is 0.264 e. The minimum Gasteiger partial charge on any atom is -0.332 e. The lowest BCUT2D eigenvalue weighted by molar-refractivity contribution is 0.0621. The Hall–Kier alpha value is -0.870.